The first-order valence-corrected chi connectivity index (χ1v) is 6.26. The van der Waals surface area contributed by atoms with Crippen molar-refractivity contribution in [1.29, 1.82) is 0 Å². The normalized spacial score (nSPS) is 10.2. The number of pyridine rings is 1. The number of anilines is 1. The number of carbonyl (C=O) groups excluding carboxylic acids is 1. The molecule has 2 aromatic rings. The Hall–Kier alpha value is -2.50. The van der Waals surface area contributed by atoms with Crippen molar-refractivity contribution in [3.05, 3.63) is 47.7 Å². The van der Waals surface area contributed by atoms with Crippen LogP contribution < -0.4 is 10.2 Å². The minimum Gasteiger partial charge on any atom is -0.363 e. The number of nitrogens with one attached hydrogen (secondary N) is 1. The van der Waals surface area contributed by atoms with Gasteiger partial charge in [-0.1, -0.05) is 0 Å². The van der Waals surface area contributed by atoms with Gasteiger partial charge in [-0.3, -0.25) is 9.78 Å². The number of aromatic nitrogens is 3. The zero-order valence-corrected chi connectivity index (χ0v) is 11.8. The highest BCUT2D eigenvalue weighted by molar-refractivity contribution is 5.93. The predicted molar refractivity (Wildman–Crippen MR) is 76.5 cm³/mol. The molecule has 0 bridgehead atoms. The maximum Gasteiger partial charge on any atom is 0.251 e. The second-order valence-corrected chi connectivity index (χ2v) is 4.60. The summed E-state index contributed by atoms with van der Waals surface area (Å²) >= 11 is 0. The molecule has 1 amide bonds. The maximum atomic E-state index is 11.9. The van der Waals surface area contributed by atoms with Gasteiger partial charge in [0.2, 0.25) is 0 Å². The van der Waals surface area contributed by atoms with Gasteiger partial charge in [-0.25, -0.2) is 9.97 Å². The summed E-state index contributed by atoms with van der Waals surface area (Å²) in [4.78, 5) is 26.4. The van der Waals surface area contributed by atoms with Crippen molar-refractivity contribution in [3.63, 3.8) is 0 Å². The Morgan fingerprint density at radius 2 is 1.95 bits per heavy atom. The van der Waals surface area contributed by atoms with Crippen LogP contribution in [0.3, 0.4) is 0 Å². The molecule has 2 aromatic heterocycles. The zero-order valence-electron chi connectivity index (χ0n) is 11.8. The van der Waals surface area contributed by atoms with Gasteiger partial charge in [-0.15, -0.1) is 0 Å². The van der Waals surface area contributed by atoms with Crippen molar-refractivity contribution in [2.75, 3.05) is 19.0 Å². The lowest BCUT2D eigenvalue weighted by atomic mass is 10.2. The molecule has 0 atom stereocenters. The van der Waals surface area contributed by atoms with Gasteiger partial charge >= 0.3 is 0 Å². The van der Waals surface area contributed by atoms with Crippen LogP contribution in [0.2, 0.25) is 0 Å². The summed E-state index contributed by atoms with van der Waals surface area (Å²) in [5.74, 6) is 1.26. The zero-order chi connectivity index (χ0) is 14.5. The van der Waals surface area contributed by atoms with Crippen LogP contribution in [0.15, 0.2) is 30.6 Å². The van der Waals surface area contributed by atoms with E-state index in [1.807, 2.05) is 32.0 Å². The maximum absolute atomic E-state index is 11.9. The molecule has 0 aliphatic heterocycles. The van der Waals surface area contributed by atoms with E-state index in [-0.39, 0.29) is 5.91 Å². The Balaban J connectivity index is 2.06. The molecule has 0 unspecified atom stereocenters. The quantitative estimate of drug-likeness (QED) is 0.904. The molecule has 0 fully saturated rings. The van der Waals surface area contributed by atoms with Crippen molar-refractivity contribution in [2.45, 2.75) is 13.5 Å². The molecule has 0 saturated carbocycles. The number of carbonyl (C=O) groups is 1. The number of hydrogen-bond acceptors (Lipinski definition) is 5. The Kier molecular flexibility index (Phi) is 4.24. The molecule has 0 spiro atoms. The van der Waals surface area contributed by atoms with Crippen molar-refractivity contribution in [2.24, 2.45) is 0 Å². The van der Waals surface area contributed by atoms with Crippen LogP contribution in [0.1, 0.15) is 21.9 Å². The van der Waals surface area contributed by atoms with Crippen LogP contribution >= 0.6 is 0 Å². The van der Waals surface area contributed by atoms with Gasteiger partial charge in [-0.05, 0) is 19.1 Å². The Morgan fingerprint density at radius 1 is 1.25 bits per heavy atom. The fourth-order valence-electron chi connectivity index (χ4n) is 1.69. The lowest BCUT2D eigenvalue weighted by Gasteiger charge is -2.13. The topological polar surface area (TPSA) is 71.0 Å². The van der Waals surface area contributed by atoms with Crippen LogP contribution in [-0.2, 0) is 6.54 Å². The van der Waals surface area contributed by atoms with E-state index in [4.69, 9.17) is 0 Å². The third kappa shape index (κ3) is 3.50. The molecule has 20 heavy (non-hydrogen) atoms. The molecule has 6 heteroatoms. The monoisotopic (exact) mass is 271 g/mol. The minimum absolute atomic E-state index is 0.163. The van der Waals surface area contributed by atoms with Crippen LogP contribution in [-0.4, -0.2) is 35.0 Å². The first-order chi connectivity index (χ1) is 9.56. The van der Waals surface area contributed by atoms with Crippen LogP contribution in [0, 0.1) is 6.92 Å². The SMILES string of the molecule is Cc1cc(N(C)C)nc(CNC(=O)c2ccncc2)n1. The summed E-state index contributed by atoms with van der Waals surface area (Å²) in [6, 6.07) is 5.23. The second-order valence-electron chi connectivity index (χ2n) is 4.60. The van der Waals surface area contributed by atoms with Gasteiger partial charge in [0.25, 0.3) is 5.91 Å². The highest BCUT2D eigenvalue weighted by Crippen LogP contribution is 2.09. The van der Waals surface area contributed by atoms with Crippen LogP contribution in [0.5, 0.6) is 0 Å². The standard InChI is InChI=1S/C14H17N5O/c1-10-8-13(19(2)3)18-12(17-10)9-16-14(20)11-4-6-15-7-5-11/h4-8H,9H2,1-3H3,(H,16,20). The lowest BCUT2D eigenvalue weighted by Crippen LogP contribution is -2.24. The first kappa shape index (κ1) is 13.9. The predicted octanol–water partition coefficient (Wildman–Crippen LogP) is 1.18. The van der Waals surface area contributed by atoms with E-state index in [1.54, 1.807) is 24.5 Å². The third-order valence-corrected chi connectivity index (χ3v) is 2.69. The Morgan fingerprint density at radius 3 is 2.60 bits per heavy atom. The van der Waals surface area contributed by atoms with Gasteiger partial charge in [0, 0.05) is 43.8 Å². The molecule has 0 saturated heterocycles. The average Bonchev–Trinajstić information content (AvgIpc) is 2.45. The molecule has 2 rings (SSSR count). The molecule has 1 N–H and O–H groups in total. The van der Waals surface area contributed by atoms with E-state index in [0.29, 0.717) is 17.9 Å². The van der Waals surface area contributed by atoms with E-state index in [9.17, 15) is 4.79 Å². The van der Waals surface area contributed by atoms with Gasteiger partial charge in [0.05, 0.1) is 6.54 Å². The van der Waals surface area contributed by atoms with E-state index < -0.39 is 0 Å². The van der Waals surface area contributed by atoms with Crippen LogP contribution in [0.25, 0.3) is 0 Å². The fraction of sp³-hybridized carbons (Fsp3) is 0.286. The van der Waals surface area contributed by atoms with E-state index in [2.05, 4.69) is 20.3 Å². The fourth-order valence-corrected chi connectivity index (χ4v) is 1.69. The van der Waals surface area contributed by atoms with E-state index >= 15 is 0 Å². The second kappa shape index (κ2) is 6.10. The highest BCUT2D eigenvalue weighted by atomic mass is 16.1. The van der Waals surface area contributed by atoms with Gasteiger partial charge in [0.1, 0.15) is 11.6 Å². The largest absolute Gasteiger partial charge is 0.363 e. The Labute approximate surface area is 117 Å². The smallest absolute Gasteiger partial charge is 0.251 e. The molecule has 6 nitrogen and oxygen atoms in total. The molecule has 0 aliphatic carbocycles. The summed E-state index contributed by atoms with van der Waals surface area (Å²) in [7, 11) is 3.84. The third-order valence-electron chi connectivity index (χ3n) is 2.69. The molecule has 104 valence electrons. The summed E-state index contributed by atoms with van der Waals surface area (Å²) < 4.78 is 0. The van der Waals surface area contributed by atoms with Gasteiger partial charge in [-0.2, -0.15) is 0 Å². The van der Waals surface area contributed by atoms with Crippen molar-refractivity contribution in [1.82, 2.24) is 20.3 Å². The number of hydrogen-bond donors (Lipinski definition) is 1. The lowest BCUT2D eigenvalue weighted by molar-refractivity contribution is 0.0949. The average molecular weight is 271 g/mol. The van der Waals surface area contributed by atoms with Crippen molar-refractivity contribution >= 4 is 11.7 Å². The number of rotatable bonds is 4. The number of nitrogens with zero attached hydrogens (tertiary/aromatic N) is 4. The van der Waals surface area contributed by atoms with Crippen LogP contribution in [0.4, 0.5) is 5.82 Å². The number of aryl methyl sites for hydroxylation is 1. The minimum atomic E-state index is -0.163. The molecular formula is C14H17N5O. The molecule has 0 aromatic carbocycles. The summed E-state index contributed by atoms with van der Waals surface area (Å²) in [5.41, 5.74) is 1.44. The molecule has 2 heterocycles. The van der Waals surface area contributed by atoms with Gasteiger partial charge in [0.15, 0.2) is 0 Å². The summed E-state index contributed by atoms with van der Waals surface area (Å²) in [6.45, 7) is 2.20. The van der Waals surface area contributed by atoms with E-state index in [0.717, 1.165) is 11.5 Å². The Bertz CT molecular complexity index is 598. The van der Waals surface area contributed by atoms with Crippen molar-refractivity contribution in [3.8, 4) is 0 Å². The summed E-state index contributed by atoms with van der Waals surface area (Å²) in [5, 5.41) is 2.80. The van der Waals surface area contributed by atoms with E-state index in [1.165, 1.54) is 0 Å². The molecule has 0 aliphatic rings. The first-order valence-electron chi connectivity index (χ1n) is 6.26. The molecule has 0 radical (unpaired) electrons. The number of amides is 1. The molecular weight excluding hydrogens is 254 g/mol. The van der Waals surface area contributed by atoms with Crippen molar-refractivity contribution < 1.29 is 4.79 Å². The van der Waals surface area contributed by atoms with Gasteiger partial charge < -0.3 is 10.2 Å². The summed E-state index contributed by atoms with van der Waals surface area (Å²) in [6.07, 6.45) is 3.17. The highest BCUT2D eigenvalue weighted by Gasteiger charge is 2.07.